The molecule has 1 aliphatic heterocycles. The third kappa shape index (κ3) is 6.86. The lowest BCUT2D eigenvalue weighted by Crippen LogP contribution is -2.43. The van der Waals surface area contributed by atoms with Crippen molar-refractivity contribution < 1.29 is 9.53 Å². The Bertz CT molecular complexity index is 634. The quantitative estimate of drug-likeness (QED) is 0.323. The van der Waals surface area contributed by atoms with Gasteiger partial charge in [-0.1, -0.05) is 6.07 Å². The predicted octanol–water partition coefficient (Wildman–Crippen LogP) is 3.22. The molecule has 1 fully saturated rings. The van der Waals surface area contributed by atoms with E-state index < -0.39 is 0 Å². The summed E-state index contributed by atoms with van der Waals surface area (Å²) in [5, 5.41) is 9.53. The molecule has 8 heteroatoms. The molecule has 1 amide bonds. The summed E-state index contributed by atoms with van der Waals surface area (Å²) in [6.07, 6.45) is 2.52. The fraction of sp³-hybridized carbons (Fsp3) is 0.556. The lowest BCUT2D eigenvalue weighted by atomic mass is 10.1. The van der Waals surface area contributed by atoms with Crippen LogP contribution < -0.4 is 20.7 Å². The molecule has 3 N–H and O–H groups in total. The standard InChI is InChI=1S/C18H28N4O2S.HI/c1-13(23)22-15-10-14(6-7-16(15)24-4)11-20-17(19-3)21-12-18(2)8-5-9-25-18;/h6-7,10H,5,8-9,11-12H2,1-4H3,(H,22,23)(H2,19,20,21);1H. The molecule has 26 heavy (non-hydrogen) atoms. The zero-order valence-electron chi connectivity index (χ0n) is 15.8. The van der Waals surface area contributed by atoms with E-state index in [1.54, 1.807) is 14.2 Å². The maximum atomic E-state index is 11.3. The van der Waals surface area contributed by atoms with Gasteiger partial charge in [-0.2, -0.15) is 11.8 Å². The minimum absolute atomic E-state index is 0. The van der Waals surface area contributed by atoms with E-state index in [1.807, 2.05) is 30.0 Å². The van der Waals surface area contributed by atoms with Gasteiger partial charge in [0.15, 0.2) is 5.96 Å². The predicted molar refractivity (Wildman–Crippen MR) is 121 cm³/mol. The van der Waals surface area contributed by atoms with Gasteiger partial charge in [-0.3, -0.25) is 9.79 Å². The first-order valence-electron chi connectivity index (χ1n) is 8.49. The van der Waals surface area contributed by atoms with Gasteiger partial charge >= 0.3 is 0 Å². The highest BCUT2D eigenvalue weighted by Gasteiger charge is 2.29. The number of ether oxygens (including phenoxy) is 1. The number of guanidine groups is 1. The average molecular weight is 492 g/mol. The number of halogens is 1. The first-order valence-corrected chi connectivity index (χ1v) is 9.47. The van der Waals surface area contributed by atoms with Crippen LogP contribution in [-0.2, 0) is 11.3 Å². The van der Waals surface area contributed by atoms with E-state index in [4.69, 9.17) is 4.74 Å². The zero-order valence-corrected chi connectivity index (χ0v) is 19.0. The maximum absolute atomic E-state index is 11.3. The highest BCUT2D eigenvalue weighted by Crippen LogP contribution is 2.36. The summed E-state index contributed by atoms with van der Waals surface area (Å²) in [5.74, 6) is 2.54. The molecule has 0 saturated carbocycles. The van der Waals surface area contributed by atoms with Gasteiger partial charge < -0.3 is 20.7 Å². The summed E-state index contributed by atoms with van der Waals surface area (Å²) in [5.41, 5.74) is 1.71. The van der Waals surface area contributed by atoms with Crippen LogP contribution in [0, 0.1) is 0 Å². The molecule has 1 heterocycles. The van der Waals surface area contributed by atoms with Gasteiger partial charge in [0.1, 0.15) is 5.75 Å². The Hall–Kier alpha value is -1.16. The van der Waals surface area contributed by atoms with E-state index in [2.05, 4.69) is 27.9 Å². The Morgan fingerprint density at radius 1 is 1.38 bits per heavy atom. The van der Waals surface area contributed by atoms with Crippen molar-refractivity contribution in [3.8, 4) is 5.75 Å². The van der Waals surface area contributed by atoms with Crippen molar-refractivity contribution in [3.63, 3.8) is 0 Å². The summed E-state index contributed by atoms with van der Waals surface area (Å²) in [6.45, 7) is 5.29. The smallest absolute Gasteiger partial charge is 0.221 e. The lowest BCUT2D eigenvalue weighted by Gasteiger charge is -2.24. The zero-order chi connectivity index (χ0) is 18.3. The molecule has 1 unspecified atom stereocenters. The van der Waals surface area contributed by atoms with E-state index in [-0.39, 0.29) is 34.6 Å². The maximum Gasteiger partial charge on any atom is 0.221 e. The number of amides is 1. The van der Waals surface area contributed by atoms with Crippen LogP contribution in [0.25, 0.3) is 0 Å². The number of benzene rings is 1. The normalized spacial score (nSPS) is 19.5. The number of thioether (sulfide) groups is 1. The molecule has 1 atom stereocenters. The molecule has 2 rings (SSSR count). The Labute approximate surface area is 177 Å². The molecular weight excluding hydrogens is 463 g/mol. The van der Waals surface area contributed by atoms with E-state index in [9.17, 15) is 4.79 Å². The van der Waals surface area contributed by atoms with E-state index in [0.717, 1.165) is 18.1 Å². The number of carbonyl (C=O) groups excluding carboxylic acids is 1. The number of anilines is 1. The van der Waals surface area contributed by atoms with Crippen LogP contribution in [0.2, 0.25) is 0 Å². The number of carbonyl (C=O) groups is 1. The molecule has 6 nitrogen and oxygen atoms in total. The Morgan fingerprint density at radius 3 is 2.73 bits per heavy atom. The first-order chi connectivity index (χ1) is 12.0. The van der Waals surface area contributed by atoms with Gasteiger partial charge in [0.25, 0.3) is 0 Å². The van der Waals surface area contributed by atoms with Gasteiger partial charge in [-0.25, -0.2) is 0 Å². The topological polar surface area (TPSA) is 74.8 Å². The molecular formula is C18H29IN4O2S. The second kappa shape index (κ2) is 10.9. The highest BCUT2D eigenvalue weighted by atomic mass is 127. The summed E-state index contributed by atoms with van der Waals surface area (Å²) in [7, 11) is 3.36. The summed E-state index contributed by atoms with van der Waals surface area (Å²) in [4.78, 5) is 15.6. The van der Waals surface area contributed by atoms with Gasteiger partial charge in [-0.05, 0) is 43.2 Å². The van der Waals surface area contributed by atoms with E-state index >= 15 is 0 Å². The summed E-state index contributed by atoms with van der Waals surface area (Å²) < 4.78 is 5.57. The number of rotatable bonds is 6. The van der Waals surface area contributed by atoms with Gasteiger partial charge in [-0.15, -0.1) is 24.0 Å². The Balaban J connectivity index is 0.00000338. The molecule has 0 aromatic heterocycles. The van der Waals surface area contributed by atoms with Crippen LogP contribution in [0.1, 0.15) is 32.3 Å². The molecule has 1 aromatic carbocycles. The number of hydrogen-bond donors (Lipinski definition) is 3. The van der Waals surface area contributed by atoms with Crippen LogP contribution in [0.15, 0.2) is 23.2 Å². The number of nitrogens with zero attached hydrogens (tertiary/aromatic N) is 1. The van der Waals surface area contributed by atoms with Crippen molar-refractivity contribution >= 4 is 53.3 Å². The minimum Gasteiger partial charge on any atom is -0.495 e. The fourth-order valence-corrected chi connectivity index (χ4v) is 4.05. The molecule has 0 bridgehead atoms. The second-order valence-corrected chi connectivity index (χ2v) is 8.08. The van der Waals surface area contributed by atoms with Crippen molar-refractivity contribution in [3.05, 3.63) is 23.8 Å². The van der Waals surface area contributed by atoms with Crippen LogP contribution in [-0.4, -0.2) is 43.1 Å². The Morgan fingerprint density at radius 2 is 2.15 bits per heavy atom. The number of methoxy groups -OCH3 is 1. The number of aliphatic imine (C=N–C) groups is 1. The molecule has 146 valence electrons. The van der Waals surface area contributed by atoms with Crippen molar-refractivity contribution in [1.82, 2.24) is 10.6 Å². The first kappa shape index (κ1) is 22.9. The van der Waals surface area contributed by atoms with Crippen molar-refractivity contribution in [2.24, 2.45) is 4.99 Å². The second-order valence-electron chi connectivity index (χ2n) is 6.40. The van der Waals surface area contributed by atoms with Crippen LogP contribution in [0.3, 0.4) is 0 Å². The summed E-state index contributed by atoms with van der Waals surface area (Å²) in [6, 6.07) is 5.74. The van der Waals surface area contributed by atoms with Crippen molar-refractivity contribution in [2.75, 3.05) is 31.8 Å². The SMILES string of the molecule is CN=C(NCc1ccc(OC)c(NC(C)=O)c1)NCC1(C)CCCS1.I. The molecule has 1 aliphatic rings. The van der Waals surface area contributed by atoms with Gasteiger partial charge in [0, 0.05) is 31.8 Å². The van der Waals surface area contributed by atoms with E-state index in [0.29, 0.717) is 18.0 Å². The van der Waals surface area contributed by atoms with Gasteiger partial charge in [0.2, 0.25) is 5.91 Å². The number of nitrogens with one attached hydrogen (secondary N) is 3. The molecule has 1 saturated heterocycles. The molecule has 1 aromatic rings. The lowest BCUT2D eigenvalue weighted by molar-refractivity contribution is -0.114. The third-order valence-corrected chi connectivity index (χ3v) is 5.73. The van der Waals surface area contributed by atoms with Crippen molar-refractivity contribution in [1.29, 1.82) is 0 Å². The average Bonchev–Trinajstić information content (AvgIpc) is 3.01. The summed E-state index contributed by atoms with van der Waals surface area (Å²) >= 11 is 2.02. The Kier molecular flexibility index (Phi) is 9.56. The van der Waals surface area contributed by atoms with Crippen molar-refractivity contribution in [2.45, 2.75) is 38.0 Å². The molecule has 0 radical (unpaired) electrons. The fourth-order valence-electron chi connectivity index (χ4n) is 2.81. The highest BCUT2D eigenvalue weighted by molar-refractivity contribution is 14.0. The number of hydrogen-bond acceptors (Lipinski definition) is 4. The van der Waals surface area contributed by atoms with Gasteiger partial charge in [0.05, 0.1) is 12.8 Å². The monoisotopic (exact) mass is 492 g/mol. The minimum atomic E-state index is -0.122. The van der Waals surface area contributed by atoms with Crippen LogP contribution >= 0.6 is 35.7 Å². The van der Waals surface area contributed by atoms with Crippen LogP contribution in [0.4, 0.5) is 5.69 Å². The molecule has 0 aliphatic carbocycles. The largest absolute Gasteiger partial charge is 0.495 e. The molecule has 0 spiro atoms. The third-order valence-electron chi connectivity index (χ3n) is 4.19. The van der Waals surface area contributed by atoms with E-state index in [1.165, 1.54) is 25.5 Å². The van der Waals surface area contributed by atoms with Crippen LogP contribution in [0.5, 0.6) is 5.75 Å².